The minimum atomic E-state index is -0.0233. The van der Waals surface area contributed by atoms with E-state index < -0.39 is 0 Å². The van der Waals surface area contributed by atoms with Crippen LogP contribution in [0.25, 0.3) is 11.1 Å². The Morgan fingerprint density at radius 1 is 1.47 bits per heavy atom. The predicted molar refractivity (Wildman–Crippen MR) is 59.3 cm³/mol. The maximum Gasteiger partial charge on any atom is 0.192 e. The van der Waals surface area contributed by atoms with Crippen molar-refractivity contribution < 1.29 is 4.42 Å². The van der Waals surface area contributed by atoms with E-state index in [1.54, 1.807) is 0 Å². The SMILES string of the molecule is Cc1nc2ccc(C(N)CCN)cc2o1. The van der Waals surface area contributed by atoms with E-state index in [0.29, 0.717) is 12.4 Å². The molecule has 1 aromatic carbocycles. The highest BCUT2D eigenvalue weighted by atomic mass is 16.3. The van der Waals surface area contributed by atoms with Crippen LogP contribution in [0.5, 0.6) is 0 Å². The van der Waals surface area contributed by atoms with Crippen LogP contribution in [-0.2, 0) is 0 Å². The lowest BCUT2D eigenvalue weighted by Crippen LogP contribution is -2.15. The number of hydrogen-bond acceptors (Lipinski definition) is 4. The van der Waals surface area contributed by atoms with Gasteiger partial charge in [-0.15, -0.1) is 0 Å². The minimum Gasteiger partial charge on any atom is -0.441 e. The molecule has 0 bridgehead atoms. The van der Waals surface area contributed by atoms with Crippen molar-refractivity contribution in [3.8, 4) is 0 Å². The number of nitrogens with two attached hydrogens (primary N) is 2. The molecule has 15 heavy (non-hydrogen) atoms. The van der Waals surface area contributed by atoms with E-state index in [9.17, 15) is 0 Å². The van der Waals surface area contributed by atoms with Gasteiger partial charge in [-0.05, 0) is 30.7 Å². The average molecular weight is 205 g/mol. The van der Waals surface area contributed by atoms with E-state index in [1.807, 2.05) is 25.1 Å². The first-order valence-electron chi connectivity index (χ1n) is 5.03. The van der Waals surface area contributed by atoms with Crippen LogP contribution in [0.4, 0.5) is 0 Å². The number of fused-ring (bicyclic) bond motifs is 1. The van der Waals surface area contributed by atoms with Gasteiger partial charge in [0.2, 0.25) is 0 Å². The van der Waals surface area contributed by atoms with Gasteiger partial charge >= 0.3 is 0 Å². The van der Waals surface area contributed by atoms with Gasteiger partial charge in [-0.25, -0.2) is 4.98 Å². The van der Waals surface area contributed by atoms with Crippen molar-refractivity contribution in [3.05, 3.63) is 29.7 Å². The molecule has 0 saturated heterocycles. The molecule has 0 aliphatic rings. The number of rotatable bonds is 3. The van der Waals surface area contributed by atoms with Crippen molar-refractivity contribution in [1.29, 1.82) is 0 Å². The molecule has 1 heterocycles. The van der Waals surface area contributed by atoms with Crippen molar-refractivity contribution >= 4 is 11.1 Å². The zero-order valence-corrected chi connectivity index (χ0v) is 8.73. The highest BCUT2D eigenvalue weighted by Crippen LogP contribution is 2.21. The van der Waals surface area contributed by atoms with Crippen LogP contribution in [0.1, 0.15) is 23.9 Å². The van der Waals surface area contributed by atoms with Gasteiger partial charge in [-0.2, -0.15) is 0 Å². The third kappa shape index (κ3) is 2.00. The highest BCUT2D eigenvalue weighted by Gasteiger charge is 2.08. The second-order valence-electron chi connectivity index (χ2n) is 3.64. The van der Waals surface area contributed by atoms with Crippen molar-refractivity contribution in [2.75, 3.05) is 6.54 Å². The molecule has 0 radical (unpaired) electrons. The molecule has 0 saturated carbocycles. The summed E-state index contributed by atoms with van der Waals surface area (Å²) >= 11 is 0. The zero-order chi connectivity index (χ0) is 10.8. The second kappa shape index (κ2) is 4.00. The summed E-state index contributed by atoms with van der Waals surface area (Å²) in [6, 6.07) is 5.82. The highest BCUT2D eigenvalue weighted by molar-refractivity contribution is 5.73. The number of hydrogen-bond donors (Lipinski definition) is 2. The molecule has 1 atom stereocenters. The van der Waals surface area contributed by atoms with Crippen molar-refractivity contribution in [1.82, 2.24) is 4.98 Å². The van der Waals surface area contributed by atoms with Gasteiger partial charge in [-0.3, -0.25) is 0 Å². The summed E-state index contributed by atoms with van der Waals surface area (Å²) in [5.41, 5.74) is 14.1. The Bertz CT molecular complexity index is 464. The third-order valence-corrected chi connectivity index (χ3v) is 2.43. The van der Waals surface area contributed by atoms with Crippen molar-refractivity contribution in [3.63, 3.8) is 0 Å². The maximum absolute atomic E-state index is 5.96. The number of nitrogens with zero attached hydrogens (tertiary/aromatic N) is 1. The Balaban J connectivity index is 2.37. The number of aromatic nitrogens is 1. The monoisotopic (exact) mass is 205 g/mol. The van der Waals surface area contributed by atoms with E-state index in [-0.39, 0.29) is 6.04 Å². The van der Waals surface area contributed by atoms with Crippen molar-refractivity contribution in [2.24, 2.45) is 11.5 Å². The summed E-state index contributed by atoms with van der Waals surface area (Å²) in [6.07, 6.45) is 0.776. The summed E-state index contributed by atoms with van der Waals surface area (Å²) in [5.74, 6) is 0.676. The predicted octanol–water partition coefficient (Wildman–Crippen LogP) is 1.48. The molecule has 0 aliphatic heterocycles. The van der Waals surface area contributed by atoms with Gasteiger partial charge in [0.25, 0.3) is 0 Å². The van der Waals surface area contributed by atoms with E-state index >= 15 is 0 Å². The summed E-state index contributed by atoms with van der Waals surface area (Å²) in [5, 5.41) is 0. The molecule has 2 rings (SSSR count). The smallest absolute Gasteiger partial charge is 0.192 e. The van der Waals surface area contributed by atoms with Crippen LogP contribution in [-0.4, -0.2) is 11.5 Å². The van der Waals surface area contributed by atoms with Crippen LogP contribution in [0, 0.1) is 6.92 Å². The molecule has 1 unspecified atom stereocenters. The molecule has 0 fully saturated rings. The quantitative estimate of drug-likeness (QED) is 0.795. The van der Waals surface area contributed by atoms with Crippen LogP contribution >= 0.6 is 0 Å². The van der Waals surface area contributed by atoms with Crippen LogP contribution in [0.2, 0.25) is 0 Å². The first kappa shape index (κ1) is 10.1. The number of aryl methyl sites for hydroxylation is 1. The molecular weight excluding hydrogens is 190 g/mol. The van der Waals surface area contributed by atoms with Gasteiger partial charge in [-0.1, -0.05) is 6.07 Å². The molecule has 1 aromatic heterocycles. The first-order chi connectivity index (χ1) is 7.20. The largest absolute Gasteiger partial charge is 0.441 e. The Labute approximate surface area is 88.3 Å². The molecule has 4 N–H and O–H groups in total. The molecular formula is C11H15N3O. The summed E-state index contributed by atoms with van der Waals surface area (Å²) in [6.45, 7) is 2.42. The van der Waals surface area contributed by atoms with Crippen LogP contribution in [0.15, 0.2) is 22.6 Å². The Hall–Kier alpha value is -1.39. The van der Waals surface area contributed by atoms with E-state index in [4.69, 9.17) is 15.9 Å². The number of oxazole rings is 1. The molecule has 0 aliphatic carbocycles. The molecule has 0 spiro atoms. The fourth-order valence-corrected chi connectivity index (χ4v) is 1.63. The first-order valence-corrected chi connectivity index (χ1v) is 5.03. The Morgan fingerprint density at radius 3 is 3.00 bits per heavy atom. The normalized spacial score (nSPS) is 13.3. The standard InChI is InChI=1S/C11H15N3O/c1-7-14-10-3-2-8(6-11(10)15-7)9(13)4-5-12/h2-3,6,9H,4-5,12-13H2,1H3. The molecule has 80 valence electrons. The van der Waals surface area contributed by atoms with Gasteiger partial charge in [0.05, 0.1) is 0 Å². The third-order valence-electron chi connectivity index (χ3n) is 2.43. The van der Waals surface area contributed by atoms with Gasteiger partial charge in [0.15, 0.2) is 11.5 Å². The summed E-state index contributed by atoms with van der Waals surface area (Å²) in [7, 11) is 0. The fourth-order valence-electron chi connectivity index (χ4n) is 1.63. The summed E-state index contributed by atoms with van der Waals surface area (Å²) < 4.78 is 5.44. The van der Waals surface area contributed by atoms with E-state index in [0.717, 1.165) is 23.1 Å². The molecule has 0 amide bonds. The second-order valence-corrected chi connectivity index (χ2v) is 3.64. The van der Waals surface area contributed by atoms with Gasteiger partial charge in [0, 0.05) is 13.0 Å². The minimum absolute atomic E-state index is 0.0233. The Kier molecular flexibility index (Phi) is 2.70. The van der Waals surface area contributed by atoms with Gasteiger partial charge in [0.1, 0.15) is 5.52 Å². The summed E-state index contributed by atoms with van der Waals surface area (Å²) in [4.78, 5) is 4.23. The lowest BCUT2D eigenvalue weighted by Gasteiger charge is -2.09. The molecule has 4 heteroatoms. The van der Waals surface area contributed by atoms with Gasteiger partial charge < -0.3 is 15.9 Å². The lowest BCUT2D eigenvalue weighted by molar-refractivity contribution is 0.559. The lowest BCUT2D eigenvalue weighted by atomic mass is 10.0. The fraction of sp³-hybridized carbons (Fsp3) is 0.364. The van der Waals surface area contributed by atoms with Crippen LogP contribution < -0.4 is 11.5 Å². The van der Waals surface area contributed by atoms with Crippen LogP contribution in [0.3, 0.4) is 0 Å². The number of benzene rings is 1. The molecule has 4 nitrogen and oxygen atoms in total. The maximum atomic E-state index is 5.96. The topological polar surface area (TPSA) is 78.1 Å². The van der Waals surface area contributed by atoms with E-state index in [2.05, 4.69) is 4.98 Å². The zero-order valence-electron chi connectivity index (χ0n) is 8.73. The molecule has 2 aromatic rings. The Morgan fingerprint density at radius 2 is 2.27 bits per heavy atom. The average Bonchev–Trinajstić information content (AvgIpc) is 2.57. The van der Waals surface area contributed by atoms with Crippen molar-refractivity contribution in [2.45, 2.75) is 19.4 Å². The van der Waals surface area contributed by atoms with E-state index in [1.165, 1.54) is 0 Å².